The van der Waals surface area contributed by atoms with Crippen LogP contribution in [-0.2, 0) is 22.3 Å². The normalized spacial score (nSPS) is 13.4. The van der Waals surface area contributed by atoms with Crippen LogP contribution in [0.25, 0.3) is 5.57 Å². The molecule has 166 valence electrons. The predicted octanol–water partition coefficient (Wildman–Crippen LogP) is 3.96. The Bertz CT molecular complexity index is 888. The number of allylic oxidation sites excluding steroid dienone is 1. The van der Waals surface area contributed by atoms with Crippen molar-refractivity contribution < 1.29 is 14.0 Å². The molecule has 0 fully saturated rings. The van der Waals surface area contributed by atoms with Gasteiger partial charge in [0, 0.05) is 39.2 Å². The lowest BCUT2D eigenvalue weighted by molar-refractivity contribution is -0.532. The Labute approximate surface area is 187 Å². The second-order valence-electron chi connectivity index (χ2n) is 8.09. The minimum absolute atomic E-state index is 0.744. The summed E-state index contributed by atoms with van der Waals surface area (Å²) in [6.07, 6.45) is 4.06. The number of methoxy groups -OCH3 is 2. The lowest BCUT2D eigenvalue weighted by Crippen LogP contribution is -2.32. The first-order valence-corrected chi connectivity index (χ1v) is 11.4. The van der Waals surface area contributed by atoms with Crippen molar-refractivity contribution in [1.29, 1.82) is 0 Å². The highest BCUT2D eigenvalue weighted by molar-refractivity contribution is 5.99. The van der Waals surface area contributed by atoms with Crippen LogP contribution in [0, 0.1) is 0 Å². The van der Waals surface area contributed by atoms with E-state index in [1.165, 1.54) is 33.5 Å². The van der Waals surface area contributed by atoms with Gasteiger partial charge in [-0.2, -0.15) is 0 Å². The molecule has 0 spiro atoms. The van der Waals surface area contributed by atoms with E-state index in [9.17, 15) is 0 Å². The summed E-state index contributed by atoms with van der Waals surface area (Å²) in [6, 6.07) is 17.5. The highest BCUT2D eigenvalue weighted by Crippen LogP contribution is 2.25. The standard InChI is InChI=1S/C27H37N2O2/c1-22(25-10-6-4-8-23(25)14-16-28-17-20-30-2)12-13-27-26-11-7-5-9-24(26)15-18-29(27)19-21-31-3/h4-11,28H,1,12-21H2,2-3H3/q+1. The Balaban J connectivity index is 1.69. The number of hydrogen-bond donors (Lipinski definition) is 1. The highest BCUT2D eigenvalue weighted by Gasteiger charge is 2.25. The summed E-state index contributed by atoms with van der Waals surface area (Å²) in [5.41, 5.74) is 8.16. The molecule has 2 aromatic carbocycles. The van der Waals surface area contributed by atoms with Gasteiger partial charge in [0.15, 0.2) is 12.3 Å². The van der Waals surface area contributed by atoms with Gasteiger partial charge < -0.3 is 14.8 Å². The molecule has 0 saturated heterocycles. The van der Waals surface area contributed by atoms with Gasteiger partial charge in [0.05, 0.1) is 6.61 Å². The van der Waals surface area contributed by atoms with Crippen molar-refractivity contribution >= 4 is 11.3 Å². The Kier molecular flexibility index (Phi) is 9.47. The largest absolute Gasteiger partial charge is 0.383 e. The Morgan fingerprint density at radius 1 is 0.968 bits per heavy atom. The van der Waals surface area contributed by atoms with Crippen LogP contribution >= 0.6 is 0 Å². The molecule has 0 bridgehead atoms. The van der Waals surface area contributed by atoms with Gasteiger partial charge in [-0.25, -0.2) is 4.58 Å². The van der Waals surface area contributed by atoms with Crippen LogP contribution in [0.2, 0.25) is 0 Å². The molecule has 0 unspecified atom stereocenters. The van der Waals surface area contributed by atoms with Gasteiger partial charge in [0.25, 0.3) is 0 Å². The van der Waals surface area contributed by atoms with Crippen molar-refractivity contribution in [3.8, 4) is 0 Å². The van der Waals surface area contributed by atoms with E-state index in [2.05, 4.69) is 65.0 Å². The second kappa shape index (κ2) is 12.6. The van der Waals surface area contributed by atoms with Gasteiger partial charge in [-0.15, -0.1) is 0 Å². The summed E-state index contributed by atoms with van der Waals surface area (Å²) < 4.78 is 13.0. The van der Waals surface area contributed by atoms with Gasteiger partial charge in [-0.1, -0.05) is 49.0 Å². The average molecular weight is 422 g/mol. The van der Waals surface area contributed by atoms with E-state index in [4.69, 9.17) is 9.47 Å². The van der Waals surface area contributed by atoms with Crippen molar-refractivity contribution in [3.63, 3.8) is 0 Å². The lowest BCUT2D eigenvalue weighted by atomic mass is 9.90. The fourth-order valence-electron chi connectivity index (χ4n) is 4.33. The van der Waals surface area contributed by atoms with Crippen molar-refractivity contribution in [3.05, 3.63) is 77.4 Å². The minimum atomic E-state index is 0.744. The fraction of sp³-hybridized carbons (Fsp3) is 0.444. The minimum Gasteiger partial charge on any atom is -0.383 e. The Morgan fingerprint density at radius 2 is 1.74 bits per heavy atom. The molecule has 4 nitrogen and oxygen atoms in total. The first kappa shape index (κ1) is 23.4. The lowest BCUT2D eigenvalue weighted by Gasteiger charge is -2.19. The topological polar surface area (TPSA) is 33.5 Å². The van der Waals surface area contributed by atoms with Crippen LogP contribution in [0.15, 0.2) is 55.1 Å². The summed E-state index contributed by atoms with van der Waals surface area (Å²) in [7, 11) is 3.51. The maximum absolute atomic E-state index is 5.37. The summed E-state index contributed by atoms with van der Waals surface area (Å²) in [5, 5.41) is 3.44. The van der Waals surface area contributed by atoms with Crippen molar-refractivity contribution in [1.82, 2.24) is 5.32 Å². The third-order valence-corrected chi connectivity index (χ3v) is 6.04. The third-order valence-electron chi connectivity index (χ3n) is 6.04. The predicted molar refractivity (Wildman–Crippen MR) is 129 cm³/mol. The monoisotopic (exact) mass is 421 g/mol. The van der Waals surface area contributed by atoms with E-state index in [1.807, 2.05) is 0 Å². The molecular weight excluding hydrogens is 384 g/mol. The van der Waals surface area contributed by atoms with E-state index in [0.29, 0.717) is 0 Å². The second-order valence-corrected chi connectivity index (χ2v) is 8.09. The maximum atomic E-state index is 5.37. The van der Waals surface area contributed by atoms with Crippen LogP contribution in [0.5, 0.6) is 0 Å². The highest BCUT2D eigenvalue weighted by atomic mass is 16.5. The number of ether oxygens (including phenoxy) is 2. The van der Waals surface area contributed by atoms with E-state index in [1.54, 1.807) is 14.2 Å². The number of fused-ring (bicyclic) bond motifs is 1. The number of rotatable bonds is 13. The van der Waals surface area contributed by atoms with Crippen molar-refractivity contribution in [2.24, 2.45) is 0 Å². The quantitative estimate of drug-likeness (QED) is 0.393. The zero-order chi connectivity index (χ0) is 21.9. The smallest absolute Gasteiger partial charge is 0.184 e. The van der Waals surface area contributed by atoms with Gasteiger partial charge in [-0.3, -0.25) is 0 Å². The maximum Gasteiger partial charge on any atom is 0.184 e. The molecule has 1 aliphatic heterocycles. The van der Waals surface area contributed by atoms with Crippen molar-refractivity contribution in [2.75, 3.05) is 53.6 Å². The molecule has 0 atom stereocenters. The van der Waals surface area contributed by atoms with E-state index >= 15 is 0 Å². The zero-order valence-corrected chi connectivity index (χ0v) is 19.2. The molecule has 0 radical (unpaired) electrons. The Morgan fingerprint density at radius 3 is 2.58 bits per heavy atom. The number of hydrogen-bond acceptors (Lipinski definition) is 3. The van der Waals surface area contributed by atoms with Crippen LogP contribution < -0.4 is 5.32 Å². The molecule has 1 aliphatic rings. The molecular formula is C27H37N2O2+. The van der Waals surface area contributed by atoms with Crippen molar-refractivity contribution in [2.45, 2.75) is 25.7 Å². The SMILES string of the molecule is C=C(CCC1=[N+](CCOC)CCc2ccccc21)c1ccccc1CCNCCOC. The summed E-state index contributed by atoms with van der Waals surface area (Å²) in [5.74, 6) is 0. The molecule has 2 aromatic rings. The van der Waals surface area contributed by atoms with Gasteiger partial charge in [-0.05, 0) is 47.7 Å². The van der Waals surface area contributed by atoms with E-state index < -0.39 is 0 Å². The molecule has 0 saturated carbocycles. The summed E-state index contributed by atoms with van der Waals surface area (Å²) in [4.78, 5) is 0. The fourth-order valence-corrected chi connectivity index (χ4v) is 4.33. The van der Waals surface area contributed by atoms with E-state index in [0.717, 1.165) is 65.1 Å². The van der Waals surface area contributed by atoms with Crippen LogP contribution in [0.3, 0.4) is 0 Å². The zero-order valence-electron chi connectivity index (χ0n) is 19.2. The number of nitrogens with one attached hydrogen (secondary N) is 1. The first-order valence-electron chi connectivity index (χ1n) is 11.4. The third kappa shape index (κ3) is 6.60. The van der Waals surface area contributed by atoms with Crippen LogP contribution in [0.4, 0.5) is 0 Å². The molecule has 4 heteroatoms. The van der Waals surface area contributed by atoms with Crippen LogP contribution in [-0.4, -0.2) is 63.9 Å². The first-order chi connectivity index (χ1) is 15.2. The van der Waals surface area contributed by atoms with Crippen LogP contribution in [0.1, 0.15) is 35.1 Å². The molecule has 3 rings (SSSR count). The molecule has 1 heterocycles. The summed E-state index contributed by atoms with van der Waals surface area (Å²) in [6.45, 7) is 9.81. The van der Waals surface area contributed by atoms with E-state index in [-0.39, 0.29) is 0 Å². The number of benzene rings is 2. The molecule has 0 aromatic heterocycles. The molecule has 31 heavy (non-hydrogen) atoms. The summed E-state index contributed by atoms with van der Waals surface area (Å²) >= 11 is 0. The Hall–Kier alpha value is -2.27. The van der Waals surface area contributed by atoms with Gasteiger partial charge in [0.1, 0.15) is 13.2 Å². The van der Waals surface area contributed by atoms with Gasteiger partial charge >= 0.3 is 0 Å². The molecule has 1 N–H and O–H groups in total. The average Bonchev–Trinajstić information content (AvgIpc) is 2.81. The van der Waals surface area contributed by atoms with Gasteiger partial charge in [0.2, 0.25) is 0 Å². The number of nitrogens with zero attached hydrogens (tertiary/aromatic N) is 1. The molecule has 0 amide bonds. The molecule has 0 aliphatic carbocycles.